The Balaban J connectivity index is 1.97. The van der Waals surface area contributed by atoms with Crippen LogP contribution in [0.15, 0.2) is 17.5 Å². The van der Waals surface area contributed by atoms with E-state index >= 15 is 0 Å². The van der Waals surface area contributed by atoms with Gasteiger partial charge in [-0.3, -0.25) is 9.59 Å². The second-order valence-corrected chi connectivity index (χ2v) is 7.89. The molecular weight excluding hydrogens is 364 g/mol. The van der Waals surface area contributed by atoms with Crippen LogP contribution in [0.5, 0.6) is 0 Å². The fraction of sp³-hybridized carbons (Fsp3) is 0.450. The average molecular weight is 388 g/mol. The first kappa shape index (κ1) is 19.4. The number of carbonyl (C=O) groups excluding carboxylic acids is 3. The molecule has 2 heterocycles. The Bertz CT molecular complexity index is 894. The molecule has 1 saturated carbocycles. The van der Waals surface area contributed by atoms with E-state index in [1.807, 2.05) is 18.4 Å². The number of esters is 1. The minimum atomic E-state index is -0.600. The summed E-state index contributed by atoms with van der Waals surface area (Å²) < 4.78 is 6.54. The van der Waals surface area contributed by atoms with Crippen LogP contribution in [-0.4, -0.2) is 46.3 Å². The molecule has 0 radical (unpaired) electrons. The molecule has 1 aliphatic rings. The second kappa shape index (κ2) is 7.31. The van der Waals surface area contributed by atoms with Crippen LogP contribution in [0.3, 0.4) is 0 Å². The van der Waals surface area contributed by atoms with Gasteiger partial charge < -0.3 is 14.2 Å². The highest BCUT2D eigenvalue weighted by Gasteiger charge is 2.40. The number of ketones is 1. The number of Topliss-reactive ketones (excluding diaryl/α,β-unsaturated/α-hetero) is 1. The highest BCUT2D eigenvalue weighted by atomic mass is 32.1. The third kappa shape index (κ3) is 3.32. The van der Waals surface area contributed by atoms with Crippen molar-refractivity contribution in [3.63, 3.8) is 0 Å². The summed E-state index contributed by atoms with van der Waals surface area (Å²) in [6.45, 7) is 5.33. The summed E-state index contributed by atoms with van der Waals surface area (Å²) in [4.78, 5) is 40.8. The van der Waals surface area contributed by atoms with Gasteiger partial charge in [0.15, 0.2) is 5.78 Å². The zero-order chi connectivity index (χ0) is 19.9. The Hall–Kier alpha value is -2.41. The monoisotopic (exact) mass is 388 g/mol. The molecule has 0 aromatic carbocycles. The molecule has 1 atom stereocenters. The van der Waals surface area contributed by atoms with Gasteiger partial charge in [0.1, 0.15) is 5.69 Å². The van der Waals surface area contributed by atoms with Crippen molar-refractivity contribution in [2.45, 2.75) is 45.7 Å². The van der Waals surface area contributed by atoms with Gasteiger partial charge in [-0.2, -0.15) is 0 Å². The van der Waals surface area contributed by atoms with Crippen molar-refractivity contribution in [3.05, 3.63) is 44.9 Å². The van der Waals surface area contributed by atoms with Gasteiger partial charge in [0, 0.05) is 24.3 Å². The number of rotatable bonds is 6. The van der Waals surface area contributed by atoms with Crippen molar-refractivity contribution in [2.24, 2.45) is 7.05 Å². The number of amides is 1. The van der Waals surface area contributed by atoms with Gasteiger partial charge in [-0.25, -0.2) is 4.79 Å². The van der Waals surface area contributed by atoms with Gasteiger partial charge in [0.05, 0.1) is 18.0 Å². The lowest BCUT2D eigenvalue weighted by Crippen LogP contribution is -2.44. The van der Waals surface area contributed by atoms with Crippen molar-refractivity contribution in [2.75, 3.05) is 7.11 Å². The number of ether oxygens (including phenoxy) is 1. The number of thiophene rings is 1. The first-order valence-corrected chi connectivity index (χ1v) is 9.82. The van der Waals surface area contributed by atoms with Crippen LogP contribution in [0, 0.1) is 13.8 Å². The molecule has 1 amide bonds. The molecule has 7 heteroatoms. The van der Waals surface area contributed by atoms with Crippen LogP contribution in [-0.2, 0) is 11.8 Å². The first-order valence-electron chi connectivity index (χ1n) is 8.94. The highest BCUT2D eigenvalue weighted by Crippen LogP contribution is 2.33. The molecule has 0 N–H and O–H groups in total. The molecule has 2 aromatic heterocycles. The third-order valence-corrected chi connectivity index (χ3v) is 6.12. The van der Waals surface area contributed by atoms with Crippen LogP contribution in [0.1, 0.15) is 61.5 Å². The second-order valence-electron chi connectivity index (χ2n) is 6.95. The standard InChI is InChI=1S/C20H24N2O4S/c1-11-16(12(2)21(4)17(11)20(25)26-5)18(23)13(3)22(14-8-9-14)19(24)15-7-6-10-27-15/h6-7,10,13-14H,8-9H2,1-5H3. The van der Waals surface area contributed by atoms with Crippen LogP contribution in [0.4, 0.5) is 0 Å². The molecule has 3 rings (SSSR count). The van der Waals surface area contributed by atoms with Gasteiger partial charge in [-0.15, -0.1) is 11.3 Å². The zero-order valence-electron chi connectivity index (χ0n) is 16.2. The lowest BCUT2D eigenvalue weighted by Gasteiger charge is -2.28. The Kier molecular flexibility index (Phi) is 5.24. The Morgan fingerprint density at radius 1 is 1.30 bits per heavy atom. The van der Waals surface area contributed by atoms with Crippen molar-refractivity contribution in [1.29, 1.82) is 0 Å². The molecule has 27 heavy (non-hydrogen) atoms. The van der Waals surface area contributed by atoms with Gasteiger partial charge in [0.2, 0.25) is 0 Å². The summed E-state index contributed by atoms with van der Waals surface area (Å²) >= 11 is 1.38. The SMILES string of the molecule is COC(=O)c1c(C)c(C(=O)C(C)N(C(=O)c2cccs2)C2CC2)c(C)n1C. The van der Waals surface area contributed by atoms with Gasteiger partial charge >= 0.3 is 5.97 Å². The molecule has 1 unspecified atom stereocenters. The normalized spacial score (nSPS) is 14.7. The summed E-state index contributed by atoms with van der Waals surface area (Å²) in [5, 5.41) is 1.86. The predicted octanol–water partition coefficient (Wildman–Crippen LogP) is 3.37. The van der Waals surface area contributed by atoms with E-state index in [1.165, 1.54) is 18.4 Å². The van der Waals surface area contributed by atoms with E-state index in [9.17, 15) is 14.4 Å². The molecule has 1 aliphatic carbocycles. The minimum Gasteiger partial charge on any atom is -0.464 e. The molecule has 144 valence electrons. The number of methoxy groups -OCH3 is 1. The fourth-order valence-electron chi connectivity index (χ4n) is 3.60. The summed E-state index contributed by atoms with van der Waals surface area (Å²) in [6.07, 6.45) is 1.82. The summed E-state index contributed by atoms with van der Waals surface area (Å²) in [6, 6.07) is 3.12. The highest BCUT2D eigenvalue weighted by molar-refractivity contribution is 7.12. The number of carbonyl (C=O) groups is 3. The van der Waals surface area contributed by atoms with E-state index in [-0.39, 0.29) is 17.7 Å². The Morgan fingerprint density at radius 3 is 2.48 bits per heavy atom. The van der Waals surface area contributed by atoms with E-state index in [0.29, 0.717) is 27.4 Å². The van der Waals surface area contributed by atoms with Gasteiger partial charge in [-0.05, 0) is 50.6 Å². The van der Waals surface area contributed by atoms with Gasteiger partial charge in [-0.1, -0.05) is 6.07 Å². The zero-order valence-corrected chi connectivity index (χ0v) is 17.1. The van der Waals surface area contributed by atoms with Gasteiger partial charge in [0.25, 0.3) is 5.91 Å². The quantitative estimate of drug-likeness (QED) is 0.562. The van der Waals surface area contributed by atoms with E-state index < -0.39 is 12.0 Å². The molecular formula is C20H24N2O4S. The number of hydrogen-bond acceptors (Lipinski definition) is 5. The molecule has 0 aliphatic heterocycles. The maximum atomic E-state index is 13.4. The van der Waals surface area contributed by atoms with E-state index in [4.69, 9.17) is 4.74 Å². The molecule has 0 saturated heterocycles. The molecule has 0 spiro atoms. The first-order chi connectivity index (χ1) is 12.8. The van der Waals surface area contributed by atoms with E-state index in [2.05, 4.69) is 0 Å². The summed E-state index contributed by atoms with van der Waals surface area (Å²) in [5.41, 5.74) is 2.16. The number of aromatic nitrogens is 1. The van der Waals surface area contributed by atoms with Crippen molar-refractivity contribution < 1.29 is 19.1 Å². The number of hydrogen-bond donors (Lipinski definition) is 0. The third-order valence-electron chi connectivity index (χ3n) is 5.26. The Morgan fingerprint density at radius 2 is 1.96 bits per heavy atom. The molecule has 0 bridgehead atoms. The average Bonchev–Trinajstić information content (AvgIpc) is 3.26. The molecule has 2 aromatic rings. The lowest BCUT2D eigenvalue weighted by molar-refractivity contribution is 0.0587. The summed E-state index contributed by atoms with van der Waals surface area (Å²) in [7, 11) is 3.06. The molecule has 1 fully saturated rings. The van der Waals surface area contributed by atoms with Crippen molar-refractivity contribution >= 4 is 29.0 Å². The van der Waals surface area contributed by atoms with Crippen LogP contribution in [0.25, 0.3) is 0 Å². The largest absolute Gasteiger partial charge is 0.464 e. The number of nitrogens with zero attached hydrogens (tertiary/aromatic N) is 2. The van der Waals surface area contributed by atoms with Crippen molar-refractivity contribution in [1.82, 2.24) is 9.47 Å². The lowest BCUT2D eigenvalue weighted by atomic mass is 9.99. The summed E-state index contributed by atoms with van der Waals surface area (Å²) in [5.74, 6) is -0.723. The Labute approximate surface area is 162 Å². The van der Waals surface area contributed by atoms with Crippen LogP contribution < -0.4 is 0 Å². The smallest absolute Gasteiger partial charge is 0.354 e. The maximum absolute atomic E-state index is 13.4. The van der Waals surface area contributed by atoms with E-state index in [1.54, 1.807) is 36.4 Å². The van der Waals surface area contributed by atoms with E-state index in [0.717, 1.165) is 12.8 Å². The van der Waals surface area contributed by atoms with Crippen LogP contribution >= 0.6 is 11.3 Å². The van der Waals surface area contributed by atoms with Crippen LogP contribution in [0.2, 0.25) is 0 Å². The predicted molar refractivity (Wildman–Crippen MR) is 104 cm³/mol. The van der Waals surface area contributed by atoms with Crippen molar-refractivity contribution in [3.8, 4) is 0 Å². The minimum absolute atomic E-state index is 0.1000. The topological polar surface area (TPSA) is 68.6 Å². The molecule has 6 nitrogen and oxygen atoms in total. The maximum Gasteiger partial charge on any atom is 0.354 e. The fourth-order valence-corrected chi connectivity index (χ4v) is 4.27.